The second kappa shape index (κ2) is 5.05. The van der Waals surface area contributed by atoms with Crippen molar-refractivity contribution in [3.8, 4) is 11.8 Å². The molecule has 0 atom stereocenters. The van der Waals surface area contributed by atoms with Crippen molar-refractivity contribution >= 4 is 5.69 Å². The fourth-order valence-electron chi connectivity index (χ4n) is 1.43. The minimum absolute atomic E-state index is 0.936. The van der Waals surface area contributed by atoms with E-state index in [0.29, 0.717) is 0 Å². The second-order valence-corrected chi connectivity index (χ2v) is 4.28. The Bertz CT molecular complexity index is 419. The molecule has 0 unspecified atom stereocenters. The molecule has 0 heterocycles. The second-order valence-electron chi connectivity index (χ2n) is 4.28. The van der Waals surface area contributed by atoms with Crippen LogP contribution in [0.25, 0.3) is 0 Å². The highest BCUT2D eigenvalue weighted by Crippen LogP contribution is 2.17. The smallest absolute Gasteiger partial charge is 0.120 e. The van der Waals surface area contributed by atoms with Crippen molar-refractivity contribution in [2.75, 3.05) is 12.4 Å². The minimum Gasteiger partial charge on any atom is -0.388 e. The number of aliphatic hydroxyl groups is 1. The molecule has 0 spiro atoms. The van der Waals surface area contributed by atoms with E-state index in [1.807, 2.05) is 19.2 Å². The first-order valence-corrected chi connectivity index (χ1v) is 5.52. The molecule has 86 valence electrons. The lowest BCUT2D eigenvalue weighted by molar-refractivity contribution is 0.143. The number of aryl methyl sites for hydroxylation is 1. The molecule has 0 amide bonds. The van der Waals surface area contributed by atoms with E-state index in [1.54, 1.807) is 13.8 Å². The maximum absolute atomic E-state index is 9.52. The van der Waals surface area contributed by atoms with Gasteiger partial charge in [0, 0.05) is 18.3 Å². The molecule has 0 saturated carbocycles. The van der Waals surface area contributed by atoms with Gasteiger partial charge in [-0.2, -0.15) is 0 Å². The number of anilines is 1. The highest BCUT2D eigenvalue weighted by molar-refractivity contribution is 5.55. The van der Waals surface area contributed by atoms with Crippen LogP contribution in [0.4, 0.5) is 5.69 Å². The Morgan fingerprint density at radius 2 is 2.06 bits per heavy atom. The molecule has 2 nitrogen and oxygen atoms in total. The summed E-state index contributed by atoms with van der Waals surface area (Å²) < 4.78 is 0. The van der Waals surface area contributed by atoms with Crippen molar-refractivity contribution in [1.29, 1.82) is 0 Å². The third-order valence-electron chi connectivity index (χ3n) is 2.27. The maximum Gasteiger partial charge on any atom is 0.120 e. The molecule has 1 aromatic rings. The summed E-state index contributed by atoms with van der Waals surface area (Å²) >= 11 is 0. The summed E-state index contributed by atoms with van der Waals surface area (Å²) in [6, 6.07) is 6.04. The van der Waals surface area contributed by atoms with Crippen molar-refractivity contribution in [3.05, 3.63) is 29.3 Å². The number of hydrogen-bond donors (Lipinski definition) is 2. The van der Waals surface area contributed by atoms with E-state index in [9.17, 15) is 5.11 Å². The molecule has 1 rings (SSSR count). The van der Waals surface area contributed by atoms with Gasteiger partial charge in [0.05, 0.1) is 0 Å². The van der Waals surface area contributed by atoms with Crippen LogP contribution in [-0.4, -0.2) is 17.8 Å². The molecular weight excluding hydrogens is 198 g/mol. The van der Waals surface area contributed by atoms with Crippen LogP contribution in [0.5, 0.6) is 0 Å². The van der Waals surface area contributed by atoms with Crippen LogP contribution in [0, 0.1) is 11.8 Å². The van der Waals surface area contributed by atoms with Crippen LogP contribution in [-0.2, 0) is 6.42 Å². The lowest BCUT2D eigenvalue weighted by atomic mass is 10.1. The molecule has 0 fully saturated rings. The Morgan fingerprint density at radius 3 is 2.56 bits per heavy atom. The predicted octanol–water partition coefficient (Wildman–Crippen LogP) is 2.41. The van der Waals surface area contributed by atoms with E-state index < -0.39 is 5.60 Å². The highest BCUT2D eigenvalue weighted by atomic mass is 16.3. The third kappa shape index (κ3) is 3.60. The summed E-state index contributed by atoms with van der Waals surface area (Å²) in [4.78, 5) is 0. The van der Waals surface area contributed by atoms with Gasteiger partial charge in [-0.05, 0) is 44.0 Å². The molecule has 0 saturated heterocycles. The molecule has 16 heavy (non-hydrogen) atoms. The van der Waals surface area contributed by atoms with Gasteiger partial charge < -0.3 is 10.4 Å². The van der Waals surface area contributed by atoms with E-state index in [2.05, 4.69) is 30.1 Å². The summed E-state index contributed by atoms with van der Waals surface area (Å²) in [6.45, 7) is 5.48. The molecule has 1 aromatic carbocycles. The fraction of sp³-hybridized carbons (Fsp3) is 0.429. The molecule has 0 aliphatic rings. The van der Waals surface area contributed by atoms with Gasteiger partial charge in [0.15, 0.2) is 0 Å². The van der Waals surface area contributed by atoms with Gasteiger partial charge >= 0.3 is 0 Å². The van der Waals surface area contributed by atoms with Crippen molar-refractivity contribution in [2.24, 2.45) is 0 Å². The zero-order valence-corrected chi connectivity index (χ0v) is 10.4. The SMILES string of the molecule is CCc1cc(C#CC(C)(C)O)ccc1NC. The summed E-state index contributed by atoms with van der Waals surface area (Å²) in [5.74, 6) is 5.79. The Balaban J connectivity index is 3.03. The Morgan fingerprint density at radius 1 is 1.38 bits per heavy atom. The molecule has 0 bridgehead atoms. The summed E-state index contributed by atoms with van der Waals surface area (Å²) in [5, 5.41) is 12.7. The number of rotatable bonds is 2. The van der Waals surface area contributed by atoms with Crippen LogP contribution in [0.3, 0.4) is 0 Å². The zero-order chi connectivity index (χ0) is 12.2. The number of hydrogen-bond acceptors (Lipinski definition) is 2. The van der Waals surface area contributed by atoms with Gasteiger partial charge in [-0.15, -0.1) is 0 Å². The van der Waals surface area contributed by atoms with Crippen molar-refractivity contribution in [2.45, 2.75) is 32.8 Å². The average Bonchev–Trinajstić information content (AvgIpc) is 2.25. The largest absolute Gasteiger partial charge is 0.388 e. The Labute approximate surface area is 97.7 Å². The summed E-state index contributed by atoms with van der Waals surface area (Å²) in [7, 11) is 1.91. The Kier molecular flexibility index (Phi) is 3.98. The normalized spacial score (nSPS) is 10.6. The topological polar surface area (TPSA) is 32.3 Å². The monoisotopic (exact) mass is 217 g/mol. The molecule has 0 aromatic heterocycles. The van der Waals surface area contributed by atoms with Crippen LogP contribution in [0.15, 0.2) is 18.2 Å². The van der Waals surface area contributed by atoms with Gasteiger partial charge in [-0.1, -0.05) is 18.8 Å². The van der Waals surface area contributed by atoms with E-state index >= 15 is 0 Å². The lowest BCUT2D eigenvalue weighted by Crippen LogP contribution is -2.14. The number of benzene rings is 1. The van der Waals surface area contributed by atoms with Gasteiger partial charge in [0.25, 0.3) is 0 Å². The van der Waals surface area contributed by atoms with Crippen LogP contribution in [0.1, 0.15) is 31.9 Å². The first kappa shape index (κ1) is 12.6. The van der Waals surface area contributed by atoms with Crippen molar-refractivity contribution < 1.29 is 5.11 Å². The van der Waals surface area contributed by atoms with Crippen LogP contribution < -0.4 is 5.32 Å². The summed E-state index contributed by atoms with van der Waals surface area (Å²) in [6.07, 6.45) is 0.966. The molecule has 0 radical (unpaired) electrons. The third-order valence-corrected chi connectivity index (χ3v) is 2.27. The van der Waals surface area contributed by atoms with E-state index in [-0.39, 0.29) is 0 Å². The van der Waals surface area contributed by atoms with Crippen molar-refractivity contribution in [1.82, 2.24) is 0 Å². The van der Waals surface area contributed by atoms with Gasteiger partial charge in [0.1, 0.15) is 5.60 Å². The van der Waals surface area contributed by atoms with E-state index in [0.717, 1.165) is 17.7 Å². The molecule has 2 heteroatoms. The van der Waals surface area contributed by atoms with E-state index in [1.165, 1.54) is 5.56 Å². The molecular formula is C14H19NO. The predicted molar refractivity (Wildman–Crippen MR) is 68.5 cm³/mol. The summed E-state index contributed by atoms with van der Waals surface area (Å²) in [5.41, 5.74) is 2.38. The number of nitrogens with one attached hydrogen (secondary N) is 1. The zero-order valence-electron chi connectivity index (χ0n) is 10.4. The van der Waals surface area contributed by atoms with Gasteiger partial charge in [-0.25, -0.2) is 0 Å². The van der Waals surface area contributed by atoms with Crippen molar-refractivity contribution in [3.63, 3.8) is 0 Å². The average molecular weight is 217 g/mol. The molecule has 0 aliphatic carbocycles. The maximum atomic E-state index is 9.52. The van der Waals surface area contributed by atoms with E-state index in [4.69, 9.17) is 0 Å². The fourth-order valence-corrected chi connectivity index (χ4v) is 1.43. The quantitative estimate of drug-likeness (QED) is 0.746. The van der Waals surface area contributed by atoms with Gasteiger partial charge in [-0.3, -0.25) is 0 Å². The van der Waals surface area contributed by atoms with Crippen LogP contribution in [0.2, 0.25) is 0 Å². The molecule has 0 aliphatic heterocycles. The lowest BCUT2D eigenvalue weighted by Gasteiger charge is -2.08. The first-order chi connectivity index (χ1) is 7.46. The standard InChI is InChI=1S/C14H19NO/c1-5-12-10-11(6-7-13(12)15-4)8-9-14(2,3)16/h6-7,10,15-16H,5H2,1-4H3. The molecule has 2 N–H and O–H groups in total. The van der Waals surface area contributed by atoms with Gasteiger partial charge in [0.2, 0.25) is 0 Å². The first-order valence-electron chi connectivity index (χ1n) is 5.52. The van der Waals surface area contributed by atoms with Crippen LogP contribution >= 0.6 is 0 Å². The Hall–Kier alpha value is -1.46. The highest BCUT2D eigenvalue weighted by Gasteiger charge is 2.06. The minimum atomic E-state index is -0.936.